The van der Waals surface area contributed by atoms with Crippen LogP contribution in [0.1, 0.15) is 33.4 Å². The van der Waals surface area contributed by atoms with Crippen LogP contribution in [0.4, 0.5) is 21.2 Å². The quantitative estimate of drug-likeness (QED) is 0.222. The molecule has 0 saturated carbocycles. The van der Waals surface area contributed by atoms with Crippen LogP contribution in [0.15, 0.2) is 54.6 Å². The second kappa shape index (κ2) is 10.4. The predicted molar refractivity (Wildman–Crippen MR) is 170 cm³/mol. The molecule has 0 amide bonds. The first-order valence-electron chi connectivity index (χ1n) is 13.2. The third-order valence-electron chi connectivity index (χ3n) is 6.39. The summed E-state index contributed by atoms with van der Waals surface area (Å²) in [5.41, 5.74) is 9.72. The standard InChI is InChI=1S/C30H46FN3Si3/c1-22-13-23(2)17-28(16-22)32-37(31,33(35(7,8)9)29-18-24(3)14-25(4)19-29)34(36(10,11)12)30-20-26(5)15-27(6)21-30/h13-21,32H,1-12H3. The van der Waals surface area contributed by atoms with E-state index in [1.165, 1.54) is 0 Å². The van der Waals surface area contributed by atoms with E-state index in [1.54, 1.807) is 0 Å². The van der Waals surface area contributed by atoms with Crippen LogP contribution < -0.4 is 13.4 Å². The summed E-state index contributed by atoms with van der Waals surface area (Å²) in [5.74, 6) is 0. The number of nitrogens with one attached hydrogen (secondary N) is 1. The first kappa shape index (κ1) is 29.2. The summed E-state index contributed by atoms with van der Waals surface area (Å²) in [6.07, 6.45) is 0. The zero-order valence-corrected chi connectivity index (χ0v) is 28.0. The number of aryl methyl sites for hydroxylation is 6. The number of halogens is 1. The summed E-state index contributed by atoms with van der Waals surface area (Å²) in [6.45, 7) is 26.2. The van der Waals surface area contributed by atoms with Gasteiger partial charge < -0.3 is 13.4 Å². The van der Waals surface area contributed by atoms with Gasteiger partial charge in [0.05, 0.1) is 0 Å². The summed E-state index contributed by atoms with van der Waals surface area (Å²) in [5, 5.41) is 0. The molecular weight excluding hydrogens is 506 g/mol. The predicted octanol–water partition coefficient (Wildman–Crippen LogP) is 9.04. The van der Waals surface area contributed by atoms with E-state index in [2.05, 4.69) is 149 Å². The fraction of sp³-hybridized carbons (Fsp3) is 0.400. The van der Waals surface area contributed by atoms with Crippen molar-refractivity contribution in [3.05, 3.63) is 88.0 Å². The molecule has 1 N–H and O–H groups in total. The SMILES string of the molecule is Cc1cc(C)cc(N[Si](F)(N(c2cc(C)cc(C)c2)[Si](C)(C)C)N(c2cc(C)cc(C)c2)[Si](C)(C)C)c1. The summed E-state index contributed by atoms with van der Waals surface area (Å²) in [4.78, 5) is 3.62. The van der Waals surface area contributed by atoms with E-state index < -0.39 is 25.4 Å². The fourth-order valence-corrected chi connectivity index (χ4v) is 17.6. The van der Waals surface area contributed by atoms with Crippen molar-refractivity contribution < 1.29 is 4.11 Å². The molecule has 0 fully saturated rings. The maximum absolute atomic E-state index is 18.9. The number of hydrogen-bond donors (Lipinski definition) is 1. The Hall–Kier alpha value is -2.36. The van der Waals surface area contributed by atoms with Crippen LogP contribution in [0, 0.1) is 41.5 Å². The lowest BCUT2D eigenvalue weighted by Crippen LogP contribution is -2.79. The van der Waals surface area contributed by atoms with Gasteiger partial charge in [-0.25, -0.2) is 4.11 Å². The number of rotatable bonds is 8. The Balaban J connectivity index is 2.42. The van der Waals surface area contributed by atoms with Crippen molar-refractivity contribution in [2.45, 2.75) is 80.8 Å². The molecule has 3 aromatic rings. The second-order valence-electron chi connectivity index (χ2n) is 12.8. The van der Waals surface area contributed by atoms with Crippen molar-refractivity contribution in [2.24, 2.45) is 0 Å². The Labute approximate surface area is 228 Å². The minimum Gasteiger partial charge on any atom is -0.367 e. The lowest BCUT2D eigenvalue weighted by atomic mass is 10.1. The maximum atomic E-state index is 18.9. The molecular formula is C30H46FN3Si3. The molecule has 0 bridgehead atoms. The van der Waals surface area contributed by atoms with Crippen molar-refractivity contribution in [1.29, 1.82) is 0 Å². The van der Waals surface area contributed by atoms with Crippen LogP contribution >= 0.6 is 0 Å². The van der Waals surface area contributed by atoms with Crippen molar-refractivity contribution >= 4 is 42.4 Å². The van der Waals surface area contributed by atoms with E-state index in [1.807, 2.05) is 0 Å². The van der Waals surface area contributed by atoms with Crippen LogP contribution in [-0.4, -0.2) is 25.4 Å². The van der Waals surface area contributed by atoms with E-state index in [9.17, 15) is 0 Å². The van der Waals surface area contributed by atoms with E-state index in [-0.39, 0.29) is 0 Å². The van der Waals surface area contributed by atoms with Crippen LogP contribution in [0.2, 0.25) is 39.3 Å². The molecule has 37 heavy (non-hydrogen) atoms. The van der Waals surface area contributed by atoms with Gasteiger partial charge in [-0.05, 0) is 111 Å². The zero-order chi connectivity index (χ0) is 27.9. The first-order valence-corrected chi connectivity index (χ1v) is 21.9. The molecule has 0 radical (unpaired) electrons. The Morgan fingerprint density at radius 2 is 0.757 bits per heavy atom. The molecule has 7 heteroatoms. The van der Waals surface area contributed by atoms with Gasteiger partial charge in [0.2, 0.25) is 0 Å². The molecule has 0 heterocycles. The minimum atomic E-state index is -4.10. The van der Waals surface area contributed by atoms with E-state index in [0.29, 0.717) is 0 Å². The highest BCUT2D eigenvalue weighted by Gasteiger charge is 2.58. The first-order chi connectivity index (χ1) is 16.9. The molecule has 3 nitrogen and oxygen atoms in total. The molecule has 0 spiro atoms. The number of nitrogens with zero attached hydrogens (tertiary/aromatic N) is 2. The van der Waals surface area contributed by atoms with Crippen molar-refractivity contribution in [3.8, 4) is 0 Å². The van der Waals surface area contributed by atoms with Crippen LogP contribution in [0.5, 0.6) is 0 Å². The van der Waals surface area contributed by atoms with Crippen molar-refractivity contribution in [1.82, 2.24) is 0 Å². The van der Waals surface area contributed by atoms with Gasteiger partial charge in [-0.3, -0.25) is 0 Å². The summed E-state index contributed by atoms with van der Waals surface area (Å²) in [6, 6.07) is 19.3. The fourth-order valence-electron chi connectivity index (χ4n) is 5.61. The third kappa shape index (κ3) is 6.75. The monoisotopic (exact) mass is 551 g/mol. The highest BCUT2D eigenvalue weighted by Crippen LogP contribution is 2.39. The van der Waals surface area contributed by atoms with Gasteiger partial charge >= 0.3 is 8.89 Å². The Morgan fingerprint density at radius 1 is 0.486 bits per heavy atom. The lowest BCUT2D eigenvalue weighted by Gasteiger charge is -2.53. The summed E-state index contributed by atoms with van der Waals surface area (Å²) in [7, 11) is -8.61. The topological polar surface area (TPSA) is 18.5 Å². The van der Waals surface area contributed by atoms with Gasteiger partial charge in [-0.2, -0.15) is 0 Å². The van der Waals surface area contributed by atoms with Gasteiger partial charge in [-0.15, -0.1) is 0 Å². The number of benzene rings is 3. The number of anilines is 3. The van der Waals surface area contributed by atoms with Gasteiger partial charge in [0.15, 0.2) is 0 Å². The highest BCUT2D eigenvalue weighted by molar-refractivity contribution is 7.08. The molecule has 3 rings (SSSR count). The third-order valence-corrected chi connectivity index (χ3v) is 17.7. The largest absolute Gasteiger partial charge is 0.565 e. The van der Waals surface area contributed by atoms with Gasteiger partial charge in [0.25, 0.3) is 0 Å². The molecule has 0 unspecified atom stereocenters. The second-order valence-corrected chi connectivity index (χ2v) is 25.6. The molecule has 0 aliphatic rings. The summed E-state index contributed by atoms with van der Waals surface area (Å²) >= 11 is 0. The molecule has 0 saturated heterocycles. The molecule has 0 aliphatic heterocycles. The minimum absolute atomic E-state index is 0.854. The van der Waals surface area contributed by atoms with Crippen LogP contribution in [-0.2, 0) is 0 Å². The van der Waals surface area contributed by atoms with Crippen LogP contribution in [0.25, 0.3) is 0 Å². The molecule has 200 valence electrons. The highest BCUT2D eigenvalue weighted by atomic mass is 28.5. The van der Waals surface area contributed by atoms with E-state index >= 15 is 4.11 Å². The average molecular weight is 552 g/mol. The Morgan fingerprint density at radius 3 is 1.03 bits per heavy atom. The average Bonchev–Trinajstić information content (AvgIpc) is 2.62. The van der Waals surface area contributed by atoms with Gasteiger partial charge in [-0.1, -0.05) is 57.5 Å². The maximum Gasteiger partial charge on any atom is 0.565 e. The van der Waals surface area contributed by atoms with Crippen molar-refractivity contribution in [3.63, 3.8) is 0 Å². The summed E-state index contributed by atoms with van der Waals surface area (Å²) < 4.78 is 23.3. The van der Waals surface area contributed by atoms with E-state index in [4.69, 9.17) is 0 Å². The normalized spacial score (nSPS) is 12.5. The van der Waals surface area contributed by atoms with Gasteiger partial charge in [0, 0.05) is 17.1 Å². The lowest BCUT2D eigenvalue weighted by molar-refractivity contribution is 0.775. The Kier molecular flexibility index (Phi) is 8.23. The molecule has 3 aromatic carbocycles. The molecule has 0 aromatic heterocycles. The van der Waals surface area contributed by atoms with E-state index in [0.717, 1.165) is 50.4 Å². The Bertz CT molecular complexity index is 1150. The van der Waals surface area contributed by atoms with Crippen LogP contribution in [0.3, 0.4) is 0 Å². The zero-order valence-electron chi connectivity index (χ0n) is 25.0. The van der Waals surface area contributed by atoms with Crippen molar-refractivity contribution in [2.75, 3.05) is 13.4 Å². The smallest absolute Gasteiger partial charge is 0.367 e. The number of hydrogen-bond acceptors (Lipinski definition) is 3. The molecule has 0 aliphatic carbocycles. The van der Waals surface area contributed by atoms with Gasteiger partial charge in [0.1, 0.15) is 16.5 Å². The molecule has 0 atom stereocenters.